The maximum Gasteiger partial charge on any atom is 0.191 e. The first-order chi connectivity index (χ1) is 11.9. The molecule has 0 aliphatic rings. The molecule has 0 radical (unpaired) electrons. The molecule has 7 heteroatoms. The topological polar surface area (TPSA) is 36.4 Å². The lowest BCUT2D eigenvalue weighted by molar-refractivity contribution is 0.504. The van der Waals surface area contributed by atoms with Gasteiger partial charge in [-0.15, -0.1) is 0 Å². The van der Waals surface area contributed by atoms with Crippen LogP contribution < -0.4 is 10.6 Å². The highest BCUT2D eigenvalue weighted by Crippen LogP contribution is 2.16. The third-order valence-electron chi connectivity index (χ3n) is 3.72. The van der Waals surface area contributed by atoms with Crippen LogP contribution in [0, 0.1) is 23.3 Å². The highest BCUT2D eigenvalue weighted by Gasteiger charge is 2.11. The van der Waals surface area contributed by atoms with Crippen LogP contribution in [-0.2, 0) is 6.42 Å². The number of benzene rings is 2. The summed E-state index contributed by atoms with van der Waals surface area (Å²) in [5, 5.41) is 6.00. The highest BCUT2D eigenvalue weighted by molar-refractivity contribution is 5.80. The molecule has 0 heterocycles. The summed E-state index contributed by atoms with van der Waals surface area (Å²) in [6, 6.07) is 6.63. The Morgan fingerprint density at radius 1 is 1.00 bits per heavy atom. The summed E-state index contributed by atoms with van der Waals surface area (Å²) < 4.78 is 53.0. The van der Waals surface area contributed by atoms with Crippen molar-refractivity contribution in [1.29, 1.82) is 0 Å². The van der Waals surface area contributed by atoms with Crippen LogP contribution in [0.1, 0.15) is 24.1 Å². The largest absolute Gasteiger partial charge is 0.356 e. The second-order valence-electron chi connectivity index (χ2n) is 5.52. The van der Waals surface area contributed by atoms with Crippen molar-refractivity contribution in [3.8, 4) is 0 Å². The standard InChI is InChI=1S/C18H19F4N3/c1-11(12-3-5-16(21)17(22)10-12)25-18(23-2)24-8-7-13-9-14(19)4-6-15(13)20/h3-6,9-11H,7-8H2,1-2H3,(H2,23,24,25). The molecule has 0 saturated heterocycles. The fraction of sp³-hybridized carbons (Fsp3) is 0.278. The van der Waals surface area contributed by atoms with E-state index in [1.165, 1.54) is 6.07 Å². The zero-order chi connectivity index (χ0) is 18.4. The van der Waals surface area contributed by atoms with Crippen molar-refractivity contribution in [2.75, 3.05) is 13.6 Å². The zero-order valence-corrected chi connectivity index (χ0v) is 13.9. The van der Waals surface area contributed by atoms with Gasteiger partial charge in [0.25, 0.3) is 0 Å². The van der Waals surface area contributed by atoms with Crippen LogP contribution in [0.2, 0.25) is 0 Å². The molecule has 2 N–H and O–H groups in total. The lowest BCUT2D eigenvalue weighted by Gasteiger charge is -2.18. The molecule has 0 spiro atoms. The monoisotopic (exact) mass is 353 g/mol. The average molecular weight is 353 g/mol. The molecule has 1 unspecified atom stereocenters. The Hall–Kier alpha value is -2.57. The summed E-state index contributed by atoms with van der Waals surface area (Å²) in [5.41, 5.74) is 0.814. The summed E-state index contributed by atoms with van der Waals surface area (Å²) in [4.78, 5) is 4.02. The number of hydrogen-bond acceptors (Lipinski definition) is 1. The van der Waals surface area contributed by atoms with Crippen LogP contribution in [0.5, 0.6) is 0 Å². The molecule has 2 aromatic carbocycles. The van der Waals surface area contributed by atoms with E-state index in [0.717, 1.165) is 30.3 Å². The fourth-order valence-electron chi connectivity index (χ4n) is 2.32. The Morgan fingerprint density at radius 2 is 1.72 bits per heavy atom. The molecule has 0 amide bonds. The van der Waals surface area contributed by atoms with Gasteiger partial charge in [0.05, 0.1) is 6.04 Å². The van der Waals surface area contributed by atoms with Gasteiger partial charge in [0.2, 0.25) is 0 Å². The molecule has 0 aromatic heterocycles. The van der Waals surface area contributed by atoms with Crippen LogP contribution in [0.25, 0.3) is 0 Å². The van der Waals surface area contributed by atoms with Crippen LogP contribution in [0.3, 0.4) is 0 Å². The van der Waals surface area contributed by atoms with E-state index in [9.17, 15) is 17.6 Å². The van der Waals surface area contributed by atoms with Gasteiger partial charge in [-0.1, -0.05) is 6.07 Å². The van der Waals surface area contributed by atoms with Crippen molar-refractivity contribution in [1.82, 2.24) is 10.6 Å². The first kappa shape index (κ1) is 18.8. The Balaban J connectivity index is 1.92. The molecule has 1 atom stereocenters. The Morgan fingerprint density at radius 3 is 2.40 bits per heavy atom. The van der Waals surface area contributed by atoms with Crippen molar-refractivity contribution in [2.24, 2.45) is 4.99 Å². The zero-order valence-electron chi connectivity index (χ0n) is 13.9. The molecule has 0 fully saturated rings. The summed E-state index contributed by atoms with van der Waals surface area (Å²) in [5.74, 6) is -2.38. The molecule has 2 aromatic rings. The van der Waals surface area contributed by atoms with Gasteiger partial charge >= 0.3 is 0 Å². The maximum absolute atomic E-state index is 13.6. The van der Waals surface area contributed by atoms with Gasteiger partial charge in [0, 0.05) is 13.6 Å². The van der Waals surface area contributed by atoms with Gasteiger partial charge in [0.1, 0.15) is 11.6 Å². The maximum atomic E-state index is 13.6. The Bertz CT molecular complexity index is 762. The van der Waals surface area contributed by atoms with Crippen molar-refractivity contribution in [3.63, 3.8) is 0 Å². The van der Waals surface area contributed by atoms with Crippen molar-refractivity contribution in [3.05, 3.63) is 70.8 Å². The Kier molecular flexibility index (Phi) is 6.38. The number of hydrogen-bond donors (Lipinski definition) is 2. The summed E-state index contributed by atoms with van der Waals surface area (Å²) in [6.45, 7) is 2.09. The van der Waals surface area contributed by atoms with Gasteiger partial charge in [-0.2, -0.15) is 0 Å². The molecular formula is C18H19F4N3. The SMILES string of the molecule is CN=C(NCCc1cc(F)ccc1F)NC(C)c1ccc(F)c(F)c1. The number of rotatable bonds is 5. The van der Waals surface area contributed by atoms with Crippen molar-refractivity contribution < 1.29 is 17.6 Å². The third-order valence-corrected chi connectivity index (χ3v) is 3.72. The van der Waals surface area contributed by atoms with E-state index in [2.05, 4.69) is 15.6 Å². The highest BCUT2D eigenvalue weighted by atomic mass is 19.2. The van der Waals surface area contributed by atoms with Crippen molar-refractivity contribution in [2.45, 2.75) is 19.4 Å². The predicted molar refractivity (Wildman–Crippen MR) is 89.3 cm³/mol. The summed E-state index contributed by atoms with van der Waals surface area (Å²) in [7, 11) is 1.55. The van der Waals surface area contributed by atoms with E-state index in [4.69, 9.17) is 0 Å². The lowest BCUT2D eigenvalue weighted by Crippen LogP contribution is -2.39. The van der Waals surface area contributed by atoms with E-state index >= 15 is 0 Å². The lowest BCUT2D eigenvalue weighted by atomic mass is 10.1. The molecule has 3 nitrogen and oxygen atoms in total. The second kappa shape index (κ2) is 8.50. The van der Waals surface area contributed by atoms with E-state index < -0.39 is 23.3 Å². The third kappa shape index (κ3) is 5.20. The molecular weight excluding hydrogens is 334 g/mol. The van der Waals surface area contributed by atoms with Crippen LogP contribution in [-0.4, -0.2) is 19.6 Å². The molecule has 2 rings (SSSR count). The summed E-state index contributed by atoms with van der Waals surface area (Å²) >= 11 is 0. The Labute approximate surface area is 143 Å². The van der Waals surface area contributed by atoms with Crippen molar-refractivity contribution >= 4 is 5.96 Å². The number of nitrogens with one attached hydrogen (secondary N) is 2. The van der Waals surface area contributed by atoms with Crippen LogP contribution >= 0.6 is 0 Å². The van der Waals surface area contributed by atoms with Gasteiger partial charge in [-0.05, 0) is 54.8 Å². The molecule has 0 bridgehead atoms. The van der Waals surface area contributed by atoms with Crippen LogP contribution in [0.15, 0.2) is 41.4 Å². The van der Waals surface area contributed by atoms with Crippen LogP contribution in [0.4, 0.5) is 17.6 Å². The number of halogens is 4. The van der Waals surface area contributed by atoms with E-state index in [0.29, 0.717) is 18.1 Å². The van der Waals surface area contributed by atoms with Gasteiger partial charge in [0.15, 0.2) is 17.6 Å². The smallest absolute Gasteiger partial charge is 0.191 e. The van der Waals surface area contributed by atoms with E-state index in [1.807, 2.05) is 0 Å². The first-order valence-electron chi connectivity index (χ1n) is 7.76. The molecule has 0 aliphatic carbocycles. The van der Waals surface area contributed by atoms with Gasteiger partial charge in [-0.3, -0.25) is 4.99 Å². The van der Waals surface area contributed by atoms with E-state index in [-0.39, 0.29) is 18.0 Å². The number of guanidine groups is 1. The minimum absolute atomic E-state index is 0.261. The molecule has 0 saturated carbocycles. The minimum Gasteiger partial charge on any atom is -0.356 e. The fourth-order valence-corrected chi connectivity index (χ4v) is 2.32. The molecule has 134 valence electrons. The predicted octanol–water partition coefficient (Wildman–Crippen LogP) is 3.71. The summed E-state index contributed by atoms with van der Waals surface area (Å²) in [6.07, 6.45) is 0.268. The molecule has 0 aliphatic heterocycles. The first-order valence-corrected chi connectivity index (χ1v) is 7.76. The minimum atomic E-state index is -0.921. The van der Waals surface area contributed by atoms with Gasteiger partial charge < -0.3 is 10.6 Å². The van der Waals surface area contributed by atoms with E-state index in [1.54, 1.807) is 14.0 Å². The van der Waals surface area contributed by atoms with Gasteiger partial charge in [-0.25, -0.2) is 17.6 Å². The second-order valence-corrected chi connectivity index (χ2v) is 5.52. The number of nitrogens with zero attached hydrogens (tertiary/aromatic N) is 1. The molecule has 25 heavy (non-hydrogen) atoms. The number of aliphatic imine (C=N–C) groups is 1. The average Bonchev–Trinajstić information content (AvgIpc) is 2.59. The normalized spacial score (nSPS) is 12.8. The quantitative estimate of drug-likeness (QED) is 0.488.